The summed E-state index contributed by atoms with van der Waals surface area (Å²) in [5.74, 6) is -0.161. The van der Waals surface area contributed by atoms with Crippen LogP contribution in [0.2, 0.25) is 10.0 Å². The van der Waals surface area contributed by atoms with Crippen molar-refractivity contribution in [1.82, 2.24) is 4.90 Å². The van der Waals surface area contributed by atoms with Gasteiger partial charge in [-0.25, -0.2) is 0 Å². The number of anilines is 1. The molecule has 1 N–H and O–H groups in total. The standard InChI is InChI=1S/C25H20Cl2N2O3/c1-15-13-18(26)9-12-21(15)28-23-22(16-7-10-19(32-2)11-8-16)24(30)29(25(23)31)14-17-5-3-4-6-20(17)27/h3-13,28H,14H2,1-2H3. The molecule has 0 radical (unpaired) electrons. The van der Waals surface area contributed by atoms with Crippen LogP contribution in [-0.2, 0) is 16.1 Å². The minimum Gasteiger partial charge on any atom is -0.497 e. The first-order chi connectivity index (χ1) is 15.4. The van der Waals surface area contributed by atoms with Crippen molar-refractivity contribution in [3.05, 3.63) is 99.2 Å². The molecule has 32 heavy (non-hydrogen) atoms. The average molecular weight is 467 g/mol. The van der Waals surface area contributed by atoms with Crippen LogP contribution in [0.5, 0.6) is 5.75 Å². The smallest absolute Gasteiger partial charge is 0.278 e. The fraction of sp³-hybridized carbons (Fsp3) is 0.120. The van der Waals surface area contributed by atoms with E-state index in [4.69, 9.17) is 27.9 Å². The molecule has 4 rings (SSSR count). The normalized spacial score (nSPS) is 13.7. The van der Waals surface area contributed by atoms with E-state index in [0.717, 1.165) is 5.56 Å². The minimum absolute atomic E-state index is 0.0712. The van der Waals surface area contributed by atoms with Crippen molar-refractivity contribution in [1.29, 1.82) is 0 Å². The number of imide groups is 1. The van der Waals surface area contributed by atoms with Gasteiger partial charge in [0, 0.05) is 15.7 Å². The van der Waals surface area contributed by atoms with Crippen molar-refractivity contribution >= 4 is 46.3 Å². The third-order valence-corrected chi connectivity index (χ3v) is 5.88. The lowest BCUT2D eigenvalue weighted by atomic mass is 10.0. The first-order valence-corrected chi connectivity index (χ1v) is 10.7. The summed E-state index contributed by atoms with van der Waals surface area (Å²) in [7, 11) is 1.57. The monoisotopic (exact) mass is 466 g/mol. The second-order valence-corrected chi connectivity index (χ2v) is 8.19. The van der Waals surface area contributed by atoms with E-state index in [1.807, 2.05) is 13.0 Å². The summed E-state index contributed by atoms with van der Waals surface area (Å²) in [5, 5.41) is 4.25. The van der Waals surface area contributed by atoms with Crippen LogP contribution in [0.1, 0.15) is 16.7 Å². The lowest BCUT2D eigenvalue weighted by Gasteiger charge is -2.16. The van der Waals surface area contributed by atoms with Gasteiger partial charge in [-0.05, 0) is 60.0 Å². The van der Waals surface area contributed by atoms with Crippen LogP contribution >= 0.6 is 23.2 Å². The molecule has 0 bridgehead atoms. The van der Waals surface area contributed by atoms with Crippen LogP contribution < -0.4 is 10.1 Å². The maximum atomic E-state index is 13.4. The van der Waals surface area contributed by atoms with E-state index in [-0.39, 0.29) is 12.2 Å². The Balaban J connectivity index is 1.77. The fourth-order valence-corrected chi connectivity index (χ4v) is 3.98. The number of methoxy groups -OCH3 is 1. The molecular weight excluding hydrogens is 447 g/mol. The molecule has 3 aromatic rings. The summed E-state index contributed by atoms with van der Waals surface area (Å²) in [5.41, 5.74) is 3.34. The van der Waals surface area contributed by atoms with E-state index in [1.54, 1.807) is 67.8 Å². The van der Waals surface area contributed by atoms with Gasteiger partial charge in [-0.3, -0.25) is 14.5 Å². The Kier molecular flexibility index (Phi) is 6.21. The zero-order valence-corrected chi connectivity index (χ0v) is 19.0. The lowest BCUT2D eigenvalue weighted by Crippen LogP contribution is -2.32. The Labute approximate surface area is 196 Å². The van der Waals surface area contributed by atoms with Crippen LogP contribution in [0.15, 0.2) is 72.4 Å². The quantitative estimate of drug-likeness (QED) is 0.473. The molecule has 2 amide bonds. The number of carbonyl (C=O) groups is 2. The van der Waals surface area contributed by atoms with Gasteiger partial charge in [-0.15, -0.1) is 0 Å². The topological polar surface area (TPSA) is 58.6 Å². The van der Waals surface area contributed by atoms with Crippen LogP contribution in [-0.4, -0.2) is 23.8 Å². The molecule has 0 fully saturated rings. The van der Waals surface area contributed by atoms with E-state index in [2.05, 4.69) is 5.32 Å². The van der Waals surface area contributed by atoms with E-state index < -0.39 is 11.8 Å². The Hall–Kier alpha value is -3.28. The third kappa shape index (κ3) is 4.22. The zero-order valence-electron chi connectivity index (χ0n) is 17.5. The van der Waals surface area contributed by atoms with Crippen LogP contribution in [0, 0.1) is 6.92 Å². The molecule has 7 heteroatoms. The van der Waals surface area contributed by atoms with Gasteiger partial charge in [0.2, 0.25) is 0 Å². The van der Waals surface area contributed by atoms with Crippen LogP contribution in [0.4, 0.5) is 5.69 Å². The second kappa shape index (κ2) is 9.07. The summed E-state index contributed by atoms with van der Waals surface area (Å²) in [6.45, 7) is 1.95. The zero-order chi connectivity index (χ0) is 22.8. The van der Waals surface area contributed by atoms with Crippen molar-refractivity contribution in [2.45, 2.75) is 13.5 Å². The largest absolute Gasteiger partial charge is 0.497 e. The summed E-state index contributed by atoms with van der Waals surface area (Å²) >= 11 is 12.4. The van der Waals surface area contributed by atoms with Crippen molar-refractivity contribution in [3.8, 4) is 5.75 Å². The number of rotatable bonds is 6. The van der Waals surface area contributed by atoms with Crippen molar-refractivity contribution in [3.63, 3.8) is 0 Å². The lowest BCUT2D eigenvalue weighted by molar-refractivity contribution is -0.137. The Morgan fingerprint density at radius 2 is 1.66 bits per heavy atom. The number of amides is 2. The van der Waals surface area contributed by atoms with Gasteiger partial charge in [0.05, 0.1) is 19.2 Å². The highest BCUT2D eigenvalue weighted by Gasteiger charge is 2.39. The molecule has 0 aliphatic carbocycles. The van der Waals surface area contributed by atoms with E-state index >= 15 is 0 Å². The third-order valence-electron chi connectivity index (χ3n) is 5.28. The van der Waals surface area contributed by atoms with E-state index in [1.165, 1.54) is 4.90 Å². The number of hydrogen-bond acceptors (Lipinski definition) is 4. The number of nitrogens with one attached hydrogen (secondary N) is 1. The molecule has 0 aromatic heterocycles. The van der Waals surface area contributed by atoms with Crippen LogP contribution in [0.3, 0.4) is 0 Å². The van der Waals surface area contributed by atoms with E-state index in [9.17, 15) is 9.59 Å². The molecule has 0 atom stereocenters. The maximum Gasteiger partial charge on any atom is 0.278 e. The summed E-state index contributed by atoms with van der Waals surface area (Å²) in [4.78, 5) is 28.1. The number of hydrogen-bond donors (Lipinski definition) is 1. The first kappa shape index (κ1) is 21.9. The maximum absolute atomic E-state index is 13.4. The number of nitrogens with zero attached hydrogens (tertiary/aromatic N) is 1. The Bertz CT molecular complexity index is 1240. The number of carbonyl (C=O) groups excluding carboxylic acids is 2. The van der Waals surface area contributed by atoms with Gasteiger partial charge in [-0.2, -0.15) is 0 Å². The molecular formula is C25H20Cl2N2O3. The number of aryl methyl sites for hydroxylation is 1. The highest BCUT2D eigenvalue weighted by molar-refractivity contribution is 6.37. The van der Waals surface area contributed by atoms with Gasteiger partial charge in [0.15, 0.2) is 0 Å². The molecule has 162 valence electrons. The molecule has 1 aliphatic rings. The second-order valence-electron chi connectivity index (χ2n) is 7.35. The number of benzene rings is 3. The highest BCUT2D eigenvalue weighted by atomic mass is 35.5. The van der Waals surface area contributed by atoms with Gasteiger partial charge in [0.1, 0.15) is 11.4 Å². The van der Waals surface area contributed by atoms with Crippen molar-refractivity contribution < 1.29 is 14.3 Å². The molecule has 0 unspecified atom stereocenters. The summed E-state index contributed by atoms with van der Waals surface area (Å²) in [6.07, 6.45) is 0. The summed E-state index contributed by atoms with van der Waals surface area (Å²) in [6, 6.07) is 19.5. The van der Waals surface area contributed by atoms with E-state index in [0.29, 0.717) is 38.2 Å². The molecule has 1 heterocycles. The van der Waals surface area contributed by atoms with Crippen molar-refractivity contribution in [2.75, 3.05) is 12.4 Å². The molecule has 0 spiro atoms. The van der Waals surface area contributed by atoms with Crippen molar-refractivity contribution in [2.24, 2.45) is 0 Å². The Morgan fingerprint density at radius 1 is 0.938 bits per heavy atom. The fourth-order valence-electron chi connectivity index (χ4n) is 3.56. The van der Waals surface area contributed by atoms with Gasteiger partial charge < -0.3 is 10.1 Å². The average Bonchev–Trinajstić information content (AvgIpc) is 3.01. The SMILES string of the molecule is COc1ccc(C2=C(Nc3ccc(Cl)cc3C)C(=O)N(Cc3ccccc3Cl)C2=O)cc1. The minimum atomic E-state index is -0.421. The predicted octanol–water partition coefficient (Wildman–Crippen LogP) is 5.70. The number of halogens is 2. The molecule has 0 saturated heterocycles. The highest BCUT2D eigenvalue weighted by Crippen LogP contribution is 2.34. The molecule has 5 nitrogen and oxygen atoms in total. The van der Waals surface area contributed by atoms with Gasteiger partial charge in [0.25, 0.3) is 11.8 Å². The molecule has 0 saturated carbocycles. The molecule has 1 aliphatic heterocycles. The Morgan fingerprint density at radius 3 is 2.31 bits per heavy atom. The number of ether oxygens (including phenoxy) is 1. The van der Waals surface area contributed by atoms with Crippen LogP contribution in [0.25, 0.3) is 5.57 Å². The van der Waals surface area contributed by atoms with Gasteiger partial charge >= 0.3 is 0 Å². The predicted molar refractivity (Wildman–Crippen MR) is 127 cm³/mol. The summed E-state index contributed by atoms with van der Waals surface area (Å²) < 4.78 is 5.22. The first-order valence-electron chi connectivity index (χ1n) is 9.90. The molecule has 3 aromatic carbocycles. The van der Waals surface area contributed by atoms with Gasteiger partial charge in [-0.1, -0.05) is 53.5 Å².